The van der Waals surface area contributed by atoms with Crippen LogP contribution in [0.1, 0.15) is 17.3 Å². The van der Waals surface area contributed by atoms with E-state index in [-0.39, 0.29) is 11.9 Å². The number of aromatic nitrogens is 2. The van der Waals surface area contributed by atoms with Crippen molar-refractivity contribution in [2.45, 2.75) is 6.04 Å². The zero-order chi connectivity index (χ0) is 15.6. The molecule has 3 heterocycles. The minimum absolute atomic E-state index is 0.0117. The quantitative estimate of drug-likeness (QED) is 0.918. The van der Waals surface area contributed by atoms with Crippen molar-refractivity contribution in [2.75, 3.05) is 26.4 Å². The number of hydrogen-bond acceptors (Lipinski definition) is 4. The highest BCUT2D eigenvalue weighted by Crippen LogP contribution is 2.29. The van der Waals surface area contributed by atoms with Gasteiger partial charge in [0.15, 0.2) is 0 Å². The third-order valence-electron chi connectivity index (χ3n) is 4.18. The van der Waals surface area contributed by atoms with E-state index in [1.165, 1.54) is 0 Å². The SMILES string of the molecule is O=C(C1=Cc2ccccc2OC1)N1CCOC[C@@H]1c1ccn[nH]1. The lowest BCUT2D eigenvalue weighted by Crippen LogP contribution is -2.45. The van der Waals surface area contributed by atoms with Gasteiger partial charge in [-0.3, -0.25) is 9.89 Å². The van der Waals surface area contributed by atoms with Crippen LogP contribution in [0.3, 0.4) is 0 Å². The molecule has 6 heteroatoms. The molecule has 6 nitrogen and oxygen atoms in total. The van der Waals surface area contributed by atoms with E-state index in [9.17, 15) is 4.79 Å². The Morgan fingerprint density at radius 3 is 3.09 bits per heavy atom. The second-order valence-corrected chi connectivity index (χ2v) is 5.60. The van der Waals surface area contributed by atoms with Crippen molar-refractivity contribution in [1.29, 1.82) is 0 Å². The van der Waals surface area contributed by atoms with Crippen molar-refractivity contribution in [1.82, 2.24) is 15.1 Å². The third-order valence-corrected chi connectivity index (χ3v) is 4.18. The molecule has 1 saturated heterocycles. The smallest absolute Gasteiger partial charge is 0.253 e. The molecule has 0 bridgehead atoms. The summed E-state index contributed by atoms with van der Waals surface area (Å²) in [5, 5.41) is 6.91. The van der Waals surface area contributed by atoms with Gasteiger partial charge < -0.3 is 14.4 Å². The van der Waals surface area contributed by atoms with Crippen molar-refractivity contribution in [2.24, 2.45) is 0 Å². The molecule has 118 valence electrons. The molecule has 1 amide bonds. The molecule has 1 aromatic heterocycles. The molecule has 2 aliphatic heterocycles. The van der Waals surface area contributed by atoms with Gasteiger partial charge in [0, 0.05) is 18.3 Å². The minimum atomic E-state index is -0.142. The summed E-state index contributed by atoms with van der Waals surface area (Å²) in [6, 6.07) is 9.46. The van der Waals surface area contributed by atoms with E-state index in [0.29, 0.717) is 31.9 Å². The predicted molar refractivity (Wildman–Crippen MR) is 83.8 cm³/mol. The van der Waals surface area contributed by atoms with Gasteiger partial charge in [-0.2, -0.15) is 5.10 Å². The summed E-state index contributed by atoms with van der Waals surface area (Å²) < 4.78 is 11.2. The fraction of sp³-hybridized carbons (Fsp3) is 0.294. The zero-order valence-corrected chi connectivity index (χ0v) is 12.6. The van der Waals surface area contributed by atoms with Gasteiger partial charge >= 0.3 is 0 Å². The van der Waals surface area contributed by atoms with Crippen LogP contribution in [0.2, 0.25) is 0 Å². The number of carbonyl (C=O) groups excluding carboxylic acids is 1. The number of aromatic amines is 1. The number of nitrogens with zero attached hydrogens (tertiary/aromatic N) is 2. The minimum Gasteiger partial charge on any atom is -0.488 e. The molecule has 0 radical (unpaired) electrons. The average Bonchev–Trinajstić information content (AvgIpc) is 3.15. The second kappa shape index (κ2) is 5.89. The molecule has 0 saturated carbocycles. The molecular weight excluding hydrogens is 294 g/mol. The van der Waals surface area contributed by atoms with E-state index in [0.717, 1.165) is 17.0 Å². The number of morpholine rings is 1. The van der Waals surface area contributed by atoms with E-state index in [4.69, 9.17) is 9.47 Å². The summed E-state index contributed by atoms with van der Waals surface area (Å²) in [5.41, 5.74) is 2.49. The van der Waals surface area contributed by atoms with Gasteiger partial charge in [0.1, 0.15) is 12.4 Å². The van der Waals surface area contributed by atoms with E-state index >= 15 is 0 Å². The van der Waals surface area contributed by atoms with Crippen molar-refractivity contribution < 1.29 is 14.3 Å². The van der Waals surface area contributed by atoms with Gasteiger partial charge in [0.05, 0.1) is 30.5 Å². The van der Waals surface area contributed by atoms with Gasteiger partial charge in [-0.05, 0) is 18.2 Å². The lowest BCUT2D eigenvalue weighted by molar-refractivity contribution is -0.136. The number of ether oxygens (including phenoxy) is 2. The topological polar surface area (TPSA) is 67.4 Å². The van der Waals surface area contributed by atoms with Gasteiger partial charge in [-0.15, -0.1) is 0 Å². The fourth-order valence-corrected chi connectivity index (χ4v) is 2.98. The van der Waals surface area contributed by atoms with Crippen molar-refractivity contribution in [3.63, 3.8) is 0 Å². The van der Waals surface area contributed by atoms with Crippen LogP contribution in [-0.2, 0) is 9.53 Å². The highest BCUT2D eigenvalue weighted by atomic mass is 16.5. The maximum absolute atomic E-state index is 13.0. The van der Waals surface area contributed by atoms with Crippen LogP contribution in [0.15, 0.2) is 42.1 Å². The first-order valence-electron chi connectivity index (χ1n) is 7.63. The summed E-state index contributed by atoms with van der Waals surface area (Å²) >= 11 is 0. The Bertz CT molecular complexity index is 739. The molecule has 2 aliphatic rings. The first-order valence-corrected chi connectivity index (χ1v) is 7.63. The molecule has 23 heavy (non-hydrogen) atoms. The maximum Gasteiger partial charge on any atom is 0.253 e. The van der Waals surface area contributed by atoms with Crippen LogP contribution in [0, 0.1) is 0 Å². The van der Waals surface area contributed by atoms with Crippen molar-refractivity contribution in [3.8, 4) is 5.75 Å². The standard InChI is InChI=1S/C17H17N3O3/c21-17(13-9-12-3-1-2-4-16(12)23-10-13)20-7-8-22-11-15(20)14-5-6-18-19-14/h1-6,9,15H,7-8,10-11H2,(H,18,19)/t15-/m1/s1. The highest BCUT2D eigenvalue weighted by molar-refractivity contribution is 5.99. The largest absolute Gasteiger partial charge is 0.488 e. The normalized spacial score (nSPS) is 20.4. The molecule has 1 atom stereocenters. The monoisotopic (exact) mass is 311 g/mol. The van der Waals surface area contributed by atoms with Crippen LogP contribution >= 0.6 is 0 Å². The van der Waals surface area contributed by atoms with Crippen LogP contribution < -0.4 is 4.74 Å². The average molecular weight is 311 g/mol. The van der Waals surface area contributed by atoms with Crippen LogP contribution in [0.4, 0.5) is 0 Å². The van der Waals surface area contributed by atoms with Crippen molar-refractivity contribution in [3.05, 3.63) is 53.4 Å². The summed E-state index contributed by atoms with van der Waals surface area (Å²) in [7, 11) is 0. The first-order chi connectivity index (χ1) is 11.3. The Hall–Kier alpha value is -2.60. The molecule has 4 rings (SSSR count). The van der Waals surface area contributed by atoms with Gasteiger partial charge in [-0.25, -0.2) is 0 Å². The molecule has 1 fully saturated rings. The van der Waals surface area contributed by atoms with E-state index < -0.39 is 0 Å². The van der Waals surface area contributed by atoms with Crippen molar-refractivity contribution >= 4 is 12.0 Å². The molecule has 1 N–H and O–H groups in total. The van der Waals surface area contributed by atoms with E-state index in [1.54, 1.807) is 6.20 Å². The number of carbonyl (C=O) groups is 1. The molecule has 2 aromatic rings. The number of fused-ring (bicyclic) bond motifs is 1. The lowest BCUT2D eigenvalue weighted by atomic mass is 10.0. The fourth-order valence-electron chi connectivity index (χ4n) is 2.98. The summed E-state index contributed by atoms with van der Waals surface area (Å²) in [6.07, 6.45) is 3.60. The number of hydrogen-bond donors (Lipinski definition) is 1. The summed E-state index contributed by atoms with van der Waals surface area (Å²) in [5.74, 6) is 0.804. The number of nitrogens with one attached hydrogen (secondary N) is 1. The lowest BCUT2D eigenvalue weighted by Gasteiger charge is -2.36. The first kappa shape index (κ1) is 14.0. The van der Waals surface area contributed by atoms with Gasteiger partial charge in [0.25, 0.3) is 5.91 Å². The third kappa shape index (κ3) is 2.61. The maximum atomic E-state index is 13.0. The van der Waals surface area contributed by atoms with E-state index in [2.05, 4.69) is 10.2 Å². The molecule has 0 spiro atoms. The second-order valence-electron chi connectivity index (χ2n) is 5.60. The number of rotatable bonds is 2. The number of benzene rings is 1. The number of amides is 1. The molecule has 0 unspecified atom stereocenters. The molecule has 0 aliphatic carbocycles. The van der Waals surface area contributed by atoms with Gasteiger partial charge in [0.2, 0.25) is 0 Å². The molecule has 1 aromatic carbocycles. The Morgan fingerprint density at radius 2 is 2.22 bits per heavy atom. The Balaban J connectivity index is 1.62. The van der Waals surface area contributed by atoms with Gasteiger partial charge in [-0.1, -0.05) is 18.2 Å². The number of H-pyrrole nitrogens is 1. The predicted octanol–water partition coefficient (Wildman–Crippen LogP) is 1.79. The highest BCUT2D eigenvalue weighted by Gasteiger charge is 2.32. The molecular formula is C17H17N3O3. The Labute approximate surface area is 133 Å². The van der Waals surface area contributed by atoms with Crippen LogP contribution in [-0.4, -0.2) is 47.4 Å². The summed E-state index contributed by atoms with van der Waals surface area (Å²) in [4.78, 5) is 14.8. The van der Waals surface area contributed by atoms with Crippen LogP contribution in [0.5, 0.6) is 5.75 Å². The Morgan fingerprint density at radius 1 is 1.30 bits per heavy atom. The number of para-hydroxylation sites is 1. The van der Waals surface area contributed by atoms with Crippen LogP contribution in [0.25, 0.3) is 6.08 Å². The summed E-state index contributed by atoms with van der Waals surface area (Å²) in [6.45, 7) is 1.87. The Kier molecular flexibility index (Phi) is 3.59. The zero-order valence-electron chi connectivity index (χ0n) is 12.6. The van der Waals surface area contributed by atoms with E-state index in [1.807, 2.05) is 41.3 Å².